The van der Waals surface area contributed by atoms with Crippen molar-refractivity contribution in [1.82, 2.24) is 19.7 Å². The Morgan fingerprint density at radius 3 is 2.96 bits per heavy atom. The number of thiophene rings is 1. The average molecular weight is 382 g/mol. The number of likely N-dealkylation sites (tertiary alicyclic amines) is 1. The zero-order valence-corrected chi connectivity index (χ0v) is 15.7. The van der Waals surface area contributed by atoms with Crippen molar-refractivity contribution in [1.29, 1.82) is 0 Å². The van der Waals surface area contributed by atoms with E-state index < -0.39 is 0 Å². The Hall–Kier alpha value is -2.22. The fraction of sp³-hybridized carbons (Fsp3) is 0.400. The van der Waals surface area contributed by atoms with Gasteiger partial charge < -0.3 is 9.67 Å². The highest BCUT2D eigenvalue weighted by Gasteiger charge is 2.40. The molecule has 1 fully saturated rings. The Morgan fingerprint density at radius 1 is 1.22 bits per heavy atom. The maximum atomic E-state index is 12.4. The van der Waals surface area contributed by atoms with Gasteiger partial charge in [-0.2, -0.15) is 5.10 Å². The van der Waals surface area contributed by atoms with Gasteiger partial charge in [-0.3, -0.25) is 14.8 Å². The van der Waals surface area contributed by atoms with E-state index in [2.05, 4.69) is 33.3 Å². The molecule has 1 saturated heterocycles. The van der Waals surface area contributed by atoms with Crippen LogP contribution in [0.5, 0.6) is 0 Å². The number of nitrogens with zero attached hydrogens (tertiary/aromatic N) is 3. The average Bonchev–Trinajstić information content (AvgIpc) is 3.34. The van der Waals surface area contributed by atoms with Crippen LogP contribution < -0.4 is 5.56 Å². The third-order valence-electron chi connectivity index (χ3n) is 5.87. The molecule has 5 rings (SSSR count). The summed E-state index contributed by atoms with van der Waals surface area (Å²) in [7, 11) is 0. The Morgan fingerprint density at radius 2 is 2.15 bits per heavy atom. The Bertz CT molecular complexity index is 994. The molecule has 0 saturated carbocycles. The minimum absolute atomic E-state index is 0.0113. The molecule has 0 aliphatic carbocycles. The minimum Gasteiger partial charge on any atom is -0.394 e. The molecule has 7 heteroatoms. The van der Waals surface area contributed by atoms with Gasteiger partial charge in [0.2, 0.25) is 0 Å². The minimum atomic E-state index is -0.114. The molecular formula is C20H22N4O2S. The van der Waals surface area contributed by atoms with Gasteiger partial charge in [0.1, 0.15) is 0 Å². The highest BCUT2D eigenvalue weighted by Crippen LogP contribution is 2.41. The first-order valence-electron chi connectivity index (χ1n) is 9.36. The van der Waals surface area contributed by atoms with Gasteiger partial charge in [0.15, 0.2) is 0 Å². The van der Waals surface area contributed by atoms with E-state index in [1.165, 1.54) is 9.75 Å². The summed E-state index contributed by atoms with van der Waals surface area (Å²) >= 11 is 1.79. The van der Waals surface area contributed by atoms with Crippen molar-refractivity contribution in [2.24, 2.45) is 5.92 Å². The number of aliphatic hydroxyl groups is 1. The summed E-state index contributed by atoms with van der Waals surface area (Å²) in [4.78, 5) is 17.4. The number of aliphatic hydroxyl groups excluding tert-OH is 1. The first-order chi connectivity index (χ1) is 13.2. The normalized spacial score (nSPS) is 24.7. The van der Waals surface area contributed by atoms with Gasteiger partial charge in [0, 0.05) is 48.4 Å². The summed E-state index contributed by atoms with van der Waals surface area (Å²) in [5.74, 6) is 0.667. The number of rotatable bonds is 4. The van der Waals surface area contributed by atoms with Crippen molar-refractivity contribution in [3.05, 3.63) is 63.5 Å². The third-order valence-corrected chi connectivity index (χ3v) is 6.97. The second-order valence-corrected chi connectivity index (χ2v) is 8.70. The van der Waals surface area contributed by atoms with Gasteiger partial charge >= 0.3 is 0 Å². The molecule has 3 aromatic heterocycles. The fourth-order valence-corrected chi connectivity index (χ4v) is 5.75. The zero-order chi connectivity index (χ0) is 18.4. The summed E-state index contributed by atoms with van der Waals surface area (Å²) in [5, 5.41) is 17.0. The topological polar surface area (TPSA) is 74.2 Å². The van der Waals surface area contributed by atoms with E-state index in [0.29, 0.717) is 11.8 Å². The number of pyridine rings is 1. The molecule has 2 bridgehead atoms. The summed E-state index contributed by atoms with van der Waals surface area (Å²) in [5.41, 5.74) is 2.14. The summed E-state index contributed by atoms with van der Waals surface area (Å²) < 4.78 is 1.84. The second-order valence-electron chi connectivity index (χ2n) is 7.53. The Balaban J connectivity index is 1.39. The molecule has 2 aliphatic heterocycles. The van der Waals surface area contributed by atoms with Crippen molar-refractivity contribution in [3.63, 3.8) is 0 Å². The van der Waals surface area contributed by atoms with Crippen LogP contribution in [0.4, 0.5) is 0 Å². The van der Waals surface area contributed by atoms with Gasteiger partial charge in [-0.25, -0.2) is 0 Å². The standard InChI is InChI=1S/C20H22N4O2S/c25-12-18-14-8-13(17-2-1-3-20(26)24(17)18)9-23(10-14)11-15-4-5-19(27-15)16-6-7-21-22-16/h1-7,13-14,18,25H,8-12H2,(H,21,22)/t13-,14+,18+/m1/s1. The number of hydrogen-bond donors (Lipinski definition) is 2. The van der Waals surface area contributed by atoms with E-state index in [4.69, 9.17) is 0 Å². The molecule has 3 atom stereocenters. The number of aromatic nitrogens is 3. The van der Waals surface area contributed by atoms with Crippen LogP contribution in [0.25, 0.3) is 10.6 Å². The SMILES string of the molecule is O=c1cccc2n1[C@@H](CO)[C@H]1C[C@@H]2CN(Cc2ccc(-c3ccn[nH]3)s2)C1. The Labute approximate surface area is 161 Å². The molecule has 27 heavy (non-hydrogen) atoms. The van der Waals surface area contributed by atoms with Crippen LogP contribution in [-0.4, -0.2) is 44.5 Å². The maximum absolute atomic E-state index is 12.4. The number of piperidine rings is 1. The van der Waals surface area contributed by atoms with Crippen LogP contribution in [0.15, 0.2) is 47.4 Å². The maximum Gasteiger partial charge on any atom is 0.251 e. The quantitative estimate of drug-likeness (QED) is 0.727. The van der Waals surface area contributed by atoms with Crippen molar-refractivity contribution in [3.8, 4) is 10.6 Å². The molecule has 3 aromatic rings. The second kappa shape index (κ2) is 6.74. The fourth-order valence-electron chi connectivity index (χ4n) is 4.72. The zero-order valence-electron chi connectivity index (χ0n) is 14.9. The van der Waals surface area contributed by atoms with E-state index in [9.17, 15) is 9.90 Å². The van der Waals surface area contributed by atoms with Gasteiger partial charge in [-0.05, 0) is 36.6 Å². The molecule has 0 radical (unpaired) electrons. The van der Waals surface area contributed by atoms with Crippen molar-refractivity contribution >= 4 is 11.3 Å². The molecule has 0 spiro atoms. The lowest BCUT2D eigenvalue weighted by Gasteiger charge is -2.46. The van der Waals surface area contributed by atoms with Crippen molar-refractivity contribution in [2.75, 3.05) is 19.7 Å². The van der Waals surface area contributed by atoms with E-state index >= 15 is 0 Å². The molecular weight excluding hydrogens is 360 g/mol. The number of H-pyrrole nitrogens is 1. The van der Waals surface area contributed by atoms with Crippen LogP contribution in [0.1, 0.15) is 29.0 Å². The summed E-state index contributed by atoms with van der Waals surface area (Å²) in [6.07, 6.45) is 2.82. The largest absolute Gasteiger partial charge is 0.394 e. The first kappa shape index (κ1) is 16.9. The van der Waals surface area contributed by atoms with Crippen LogP contribution >= 0.6 is 11.3 Å². The monoisotopic (exact) mass is 382 g/mol. The van der Waals surface area contributed by atoms with Crippen LogP contribution in [-0.2, 0) is 6.54 Å². The van der Waals surface area contributed by atoms with Crippen LogP contribution in [0.2, 0.25) is 0 Å². The van der Waals surface area contributed by atoms with Gasteiger partial charge in [-0.1, -0.05) is 6.07 Å². The number of hydrogen-bond acceptors (Lipinski definition) is 5. The Kier molecular flexibility index (Phi) is 4.22. The van der Waals surface area contributed by atoms with Gasteiger partial charge in [-0.15, -0.1) is 11.3 Å². The van der Waals surface area contributed by atoms with Gasteiger partial charge in [0.05, 0.1) is 23.2 Å². The molecule has 2 N–H and O–H groups in total. The highest BCUT2D eigenvalue weighted by molar-refractivity contribution is 7.15. The van der Waals surface area contributed by atoms with E-state index in [1.54, 1.807) is 23.6 Å². The van der Waals surface area contributed by atoms with Crippen molar-refractivity contribution in [2.45, 2.75) is 24.9 Å². The molecule has 0 unspecified atom stereocenters. The molecule has 2 aliphatic rings. The number of nitrogens with one attached hydrogen (secondary N) is 1. The predicted molar refractivity (Wildman–Crippen MR) is 105 cm³/mol. The lowest BCUT2D eigenvalue weighted by Crippen LogP contribution is -2.49. The van der Waals surface area contributed by atoms with E-state index in [1.807, 2.05) is 16.7 Å². The first-order valence-corrected chi connectivity index (χ1v) is 10.2. The summed E-state index contributed by atoms with van der Waals surface area (Å²) in [6.45, 7) is 2.79. The lowest BCUT2D eigenvalue weighted by molar-refractivity contribution is 0.0585. The number of fused-ring (bicyclic) bond motifs is 4. The smallest absolute Gasteiger partial charge is 0.251 e. The van der Waals surface area contributed by atoms with Crippen LogP contribution in [0.3, 0.4) is 0 Å². The molecule has 140 valence electrons. The van der Waals surface area contributed by atoms with E-state index in [-0.39, 0.29) is 18.2 Å². The molecule has 0 amide bonds. The van der Waals surface area contributed by atoms with E-state index in [0.717, 1.165) is 37.4 Å². The third kappa shape index (κ3) is 2.96. The predicted octanol–water partition coefficient (Wildman–Crippen LogP) is 2.45. The van der Waals surface area contributed by atoms with Gasteiger partial charge in [0.25, 0.3) is 5.56 Å². The van der Waals surface area contributed by atoms with Crippen LogP contribution in [0, 0.1) is 5.92 Å². The highest BCUT2D eigenvalue weighted by atomic mass is 32.1. The number of aromatic amines is 1. The molecule has 0 aromatic carbocycles. The molecule has 6 nitrogen and oxygen atoms in total. The van der Waals surface area contributed by atoms with Crippen molar-refractivity contribution < 1.29 is 5.11 Å². The lowest BCUT2D eigenvalue weighted by atomic mass is 9.78. The summed E-state index contributed by atoms with van der Waals surface area (Å²) in [6, 6.07) is 11.7. The molecule has 5 heterocycles.